The Hall–Kier alpha value is -0.390. The molecule has 0 aliphatic rings. The van der Waals surface area contributed by atoms with Gasteiger partial charge in [-0.1, -0.05) is 26.8 Å². The fourth-order valence-corrected chi connectivity index (χ4v) is 0.699. The van der Waals surface area contributed by atoms with Crippen LogP contribution in [-0.4, -0.2) is 37.5 Å². The molecule has 1 N–H and O–H groups in total. The van der Waals surface area contributed by atoms with E-state index < -0.39 is 14.2 Å². The molecule has 80 valence electrons. The average molecular weight is 210 g/mol. The van der Waals surface area contributed by atoms with E-state index in [1.54, 1.807) is 0 Å². The molecule has 0 heterocycles. The summed E-state index contributed by atoms with van der Waals surface area (Å²) in [5, 5.41) is 0. The number of hydrogen-bond donors (Lipinski definition) is 1. The molecule has 0 radical (unpaired) electrons. The van der Waals surface area contributed by atoms with E-state index in [1.165, 1.54) is 26.6 Å². The van der Waals surface area contributed by atoms with Crippen LogP contribution in [0.25, 0.3) is 0 Å². The normalized spacial score (nSPS) is 11.5. The lowest BCUT2D eigenvalue weighted by Gasteiger charge is -2.22. The molecule has 0 saturated carbocycles. The van der Waals surface area contributed by atoms with Crippen LogP contribution in [-0.2, 0) is 10.3 Å². The highest BCUT2D eigenvalue weighted by molar-refractivity contribution is 7.80. The first-order chi connectivity index (χ1) is 5.72. The van der Waals surface area contributed by atoms with Gasteiger partial charge in [0.25, 0.3) is 0 Å². The van der Waals surface area contributed by atoms with Crippen molar-refractivity contribution in [2.75, 3.05) is 20.6 Å². The van der Waals surface area contributed by atoms with E-state index in [9.17, 15) is 8.42 Å². The van der Waals surface area contributed by atoms with Gasteiger partial charge in [-0.05, 0) is 6.08 Å². The van der Waals surface area contributed by atoms with Crippen molar-refractivity contribution in [1.29, 1.82) is 0 Å². The third-order valence-corrected chi connectivity index (χ3v) is 2.59. The first kappa shape index (κ1) is 15.1. The lowest BCUT2D eigenvalue weighted by Crippen LogP contribution is -2.44. The number of quaternary nitrogens is 1. The Labute approximate surface area is 81.3 Å². The number of rotatable bonds is 3. The molecule has 0 fully saturated rings. The predicted octanol–water partition coefficient (Wildman–Crippen LogP) is 1.47. The molecule has 0 aliphatic carbocycles. The zero-order valence-corrected chi connectivity index (χ0v) is 9.63. The lowest BCUT2D eigenvalue weighted by molar-refractivity contribution is -0.760. The summed E-state index contributed by atoms with van der Waals surface area (Å²) in [7, 11) is -1.23. The van der Waals surface area contributed by atoms with Crippen LogP contribution < -0.4 is 0 Å². The van der Waals surface area contributed by atoms with Crippen LogP contribution in [0.3, 0.4) is 0 Å². The molecule has 5 heteroatoms. The maximum absolute atomic E-state index is 10.5. The van der Waals surface area contributed by atoms with Crippen molar-refractivity contribution in [2.24, 2.45) is 0 Å². The first-order valence-electron chi connectivity index (χ1n) is 4.14. The van der Waals surface area contributed by atoms with Crippen molar-refractivity contribution < 1.29 is 16.9 Å². The maximum Gasteiger partial charge on any atom is 0.432 e. The minimum Gasteiger partial charge on any atom is -0.241 e. The van der Waals surface area contributed by atoms with Crippen LogP contribution in [0.1, 0.15) is 20.3 Å². The van der Waals surface area contributed by atoms with E-state index in [1.807, 2.05) is 0 Å². The molecule has 0 aromatic carbocycles. The Morgan fingerprint density at radius 2 is 1.69 bits per heavy atom. The van der Waals surface area contributed by atoms with E-state index in [4.69, 9.17) is 4.55 Å². The molecule has 0 saturated heterocycles. The van der Waals surface area contributed by atoms with Gasteiger partial charge in [-0.15, -0.1) is 8.42 Å². The summed E-state index contributed by atoms with van der Waals surface area (Å²) >= 11 is 0. The van der Waals surface area contributed by atoms with Crippen LogP contribution >= 0.6 is 0 Å². The van der Waals surface area contributed by atoms with Gasteiger partial charge in [-0.3, -0.25) is 0 Å². The second-order valence-corrected chi connectivity index (χ2v) is 5.08. The third-order valence-electron chi connectivity index (χ3n) is 1.19. The van der Waals surface area contributed by atoms with Gasteiger partial charge in [0.05, 0.1) is 14.1 Å². The standard InChI is InChI=1S/C5H11NO3S.C3H8/c1-4-5-6(2,3)10(7,8)9;1-3-2/h4H,1,5H2,2-3H3;3H2,1-2H3/p+1. The van der Waals surface area contributed by atoms with Crippen molar-refractivity contribution in [3.63, 3.8) is 0 Å². The van der Waals surface area contributed by atoms with Gasteiger partial charge in [-0.2, -0.15) is 3.89 Å². The quantitative estimate of drug-likeness (QED) is 0.436. The molecule has 0 atom stereocenters. The second-order valence-electron chi connectivity index (χ2n) is 3.20. The Morgan fingerprint density at radius 3 is 1.77 bits per heavy atom. The Kier molecular flexibility index (Phi) is 7.11. The zero-order valence-electron chi connectivity index (χ0n) is 8.82. The van der Waals surface area contributed by atoms with Gasteiger partial charge in [0.15, 0.2) is 0 Å². The van der Waals surface area contributed by atoms with Crippen LogP contribution in [0, 0.1) is 0 Å². The Balaban J connectivity index is 0. The van der Waals surface area contributed by atoms with Crippen LogP contribution in [0.4, 0.5) is 0 Å². The molecule has 13 heavy (non-hydrogen) atoms. The van der Waals surface area contributed by atoms with Crippen molar-refractivity contribution >= 4 is 10.3 Å². The summed E-state index contributed by atoms with van der Waals surface area (Å²) in [6, 6.07) is 0. The first-order valence-corrected chi connectivity index (χ1v) is 5.54. The van der Waals surface area contributed by atoms with Gasteiger partial charge in [-0.25, -0.2) is 4.55 Å². The average Bonchev–Trinajstić information content (AvgIpc) is 1.85. The summed E-state index contributed by atoms with van der Waals surface area (Å²) in [4.78, 5) is 0. The summed E-state index contributed by atoms with van der Waals surface area (Å²) in [5.74, 6) is 0. The molecule has 0 unspecified atom stereocenters. The topological polar surface area (TPSA) is 54.4 Å². The second kappa shape index (κ2) is 6.12. The van der Waals surface area contributed by atoms with E-state index >= 15 is 0 Å². The SMILES string of the molecule is C=CC[N+](C)(C)S(=O)(=O)O.CCC. The number of hydrogen-bond acceptors (Lipinski definition) is 2. The van der Waals surface area contributed by atoms with Gasteiger partial charge in [0.1, 0.15) is 6.54 Å². The molecular formula is C8H20NO3S+. The van der Waals surface area contributed by atoms with Crippen molar-refractivity contribution in [3.05, 3.63) is 12.7 Å². The number of nitrogens with zero attached hydrogens (tertiary/aromatic N) is 1. The smallest absolute Gasteiger partial charge is 0.241 e. The molecule has 0 bridgehead atoms. The summed E-state index contributed by atoms with van der Waals surface area (Å²) < 4.78 is 29.1. The Morgan fingerprint density at radius 1 is 1.38 bits per heavy atom. The van der Waals surface area contributed by atoms with Crippen molar-refractivity contribution in [1.82, 2.24) is 0 Å². The van der Waals surface area contributed by atoms with Crippen LogP contribution in [0.15, 0.2) is 12.7 Å². The summed E-state index contributed by atoms with van der Waals surface area (Å²) in [6.07, 6.45) is 2.69. The molecule has 0 aliphatic heterocycles. The van der Waals surface area contributed by atoms with E-state index in [0.717, 1.165) is 0 Å². The molecule has 0 spiro atoms. The predicted molar refractivity (Wildman–Crippen MR) is 54.7 cm³/mol. The third kappa shape index (κ3) is 6.74. The molecule has 0 rings (SSSR count). The fourth-order valence-electron chi connectivity index (χ4n) is 0.405. The minimum absolute atomic E-state index is 0.193. The van der Waals surface area contributed by atoms with Gasteiger partial charge < -0.3 is 0 Å². The highest BCUT2D eigenvalue weighted by Crippen LogP contribution is 2.03. The highest BCUT2D eigenvalue weighted by Gasteiger charge is 2.28. The van der Waals surface area contributed by atoms with E-state index in [-0.39, 0.29) is 6.54 Å². The zero-order chi connectivity index (χ0) is 11.1. The van der Waals surface area contributed by atoms with Gasteiger partial charge in [0.2, 0.25) is 0 Å². The fraction of sp³-hybridized carbons (Fsp3) is 0.750. The largest absolute Gasteiger partial charge is 0.432 e. The summed E-state index contributed by atoms with van der Waals surface area (Å²) in [5.41, 5.74) is 0. The molecule has 0 amide bonds. The molecular weight excluding hydrogens is 190 g/mol. The maximum atomic E-state index is 10.5. The number of likely N-dealkylation sites (N-methyl/N-ethyl adjacent to an activating group) is 1. The van der Waals surface area contributed by atoms with Gasteiger partial charge >= 0.3 is 10.3 Å². The summed E-state index contributed by atoms with van der Waals surface area (Å²) in [6.45, 7) is 7.81. The molecule has 0 aromatic heterocycles. The van der Waals surface area contributed by atoms with E-state index in [0.29, 0.717) is 0 Å². The lowest BCUT2D eigenvalue weighted by atomic mass is 10.6. The minimum atomic E-state index is -4.00. The van der Waals surface area contributed by atoms with E-state index in [2.05, 4.69) is 20.4 Å². The van der Waals surface area contributed by atoms with Crippen molar-refractivity contribution in [2.45, 2.75) is 20.3 Å². The molecule has 4 nitrogen and oxygen atoms in total. The molecule has 0 aromatic rings. The Bertz CT molecular complexity index is 232. The van der Waals surface area contributed by atoms with Gasteiger partial charge in [0, 0.05) is 0 Å². The van der Waals surface area contributed by atoms with Crippen LogP contribution in [0.2, 0.25) is 0 Å². The monoisotopic (exact) mass is 210 g/mol. The van der Waals surface area contributed by atoms with Crippen LogP contribution in [0.5, 0.6) is 0 Å². The van der Waals surface area contributed by atoms with Crippen molar-refractivity contribution in [3.8, 4) is 0 Å². The highest BCUT2D eigenvalue weighted by atomic mass is 32.2.